The standard InChI is InChI=1S/C12H13F3N2OS/c1-8(7-19(2)18)17-10-4-3-9(6-16)11(5-10)12(13,14)15/h3-5,8,17H,7H2,1-2H3. The van der Waals surface area contributed by atoms with Gasteiger partial charge < -0.3 is 5.32 Å². The predicted octanol–water partition coefficient (Wildman–Crippen LogP) is 2.76. The van der Waals surface area contributed by atoms with E-state index in [9.17, 15) is 17.4 Å². The Morgan fingerprint density at radius 3 is 2.58 bits per heavy atom. The number of nitriles is 1. The molecule has 1 aromatic carbocycles. The molecule has 0 aromatic heterocycles. The Bertz CT molecular complexity index is 523. The average Bonchev–Trinajstić information content (AvgIpc) is 2.26. The summed E-state index contributed by atoms with van der Waals surface area (Å²) in [6, 6.07) is 4.72. The third kappa shape index (κ3) is 4.56. The molecule has 0 aliphatic carbocycles. The van der Waals surface area contributed by atoms with E-state index in [0.29, 0.717) is 5.75 Å². The van der Waals surface area contributed by atoms with Crippen LogP contribution in [0.25, 0.3) is 0 Å². The van der Waals surface area contributed by atoms with Gasteiger partial charge in [-0.15, -0.1) is 0 Å². The van der Waals surface area contributed by atoms with Crippen LogP contribution in [0.1, 0.15) is 18.1 Å². The first kappa shape index (κ1) is 15.5. The fraction of sp³-hybridized carbons (Fsp3) is 0.417. The van der Waals surface area contributed by atoms with E-state index in [1.165, 1.54) is 18.4 Å². The molecule has 1 aromatic rings. The molecule has 2 unspecified atom stereocenters. The van der Waals surface area contributed by atoms with Gasteiger partial charge in [-0.2, -0.15) is 18.4 Å². The summed E-state index contributed by atoms with van der Waals surface area (Å²) < 4.78 is 49.2. The highest BCUT2D eigenvalue weighted by Gasteiger charge is 2.33. The molecule has 19 heavy (non-hydrogen) atoms. The van der Waals surface area contributed by atoms with E-state index in [-0.39, 0.29) is 11.7 Å². The first-order valence-corrected chi connectivity index (χ1v) is 7.14. The predicted molar refractivity (Wildman–Crippen MR) is 68.2 cm³/mol. The summed E-state index contributed by atoms with van der Waals surface area (Å²) >= 11 is 0. The lowest BCUT2D eigenvalue weighted by Gasteiger charge is -2.16. The Balaban J connectivity index is 3.00. The van der Waals surface area contributed by atoms with Crippen molar-refractivity contribution in [3.63, 3.8) is 0 Å². The Labute approximate surface area is 111 Å². The van der Waals surface area contributed by atoms with Crippen LogP contribution in [0.15, 0.2) is 18.2 Å². The van der Waals surface area contributed by atoms with Crippen LogP contribution in [0.3, 0.4) is 0 Å². The maximum Gasteiger partial charge on any atom is 0.417 e. The lowest BCUT2D eigenvalue weighted by atomic mass is 10.1. The van der Waals surface area contributed by atoms with Gasteiger partial charge in [-0.25, -0.2) is 0 Å². The maximum atomic E-state index is 12.7. The van der Waals surface area contributed by atoms with Crippen molar-refractivity contribution in [2.45, 2.75) is 19.1 Å². The van der Waals surface area contributed by atoms with Crippen LogP contribution in [0.5, 0.6) is 0 Å². The van der Waals surface area contributed by atoms with Gasteiger partial charge in [-0.05, 0) is 25.1 Å². The summed E-state index contributed by atoms with van der Waals surface area (Å²) in [5.41, 5.74) is -1.13. The molecule has 0 aliphatic rings. The summed E-state index contributed by atoms with van der Waals surface area (Å²) in [5, 5.41) is 11.5. The molecule has 2 atom stereocenters. The van der Waals surface area contributed by atoms with Crippen LogP contribution < -0.4 is 5.32 Å². The number of nitrogens with zero attached hydrogens (tertiary/aromatic N) is 1. The summed E-state index contributed by atoms with van der Waals surface area (Å²) in [4.78, 5) is 0. The Morgan fingerprint density at radius 1 is 1.47 bits per heavy atom. The molecule has 0 saturated heterocycles. The van der Waals surface area contributed by atoms with Crippen molar-refractivity contribution in [2.75, 3.05) is 17.3 Å². The molecule has 1 N–H and O–H groups in total. The zero-order chi connectivity index (χ0) is 14.6. The van der Waals surface area contributed by atoms with Gasteiger partial charge in [0.05, 0.1) is 17.2 Å². The van der Waals surface area contributed by atoms with Crippen molar-refractivity contribution in [2.24, 2.45) is 0 Å². The van der Waals surface area contributed by atoms with Crippen LogP contribution in [-0.2, 0) is 17.0 Å². The van der Waals surface area contributed by atoms with E-state index in [4.69, 9.17) is 5.26 Å². The third-order valence-corrected chi connectivity index (χ3v) is 3.31. The van der Waals surface area contributed by atoms with Crippen molar-refractivity contribution in [1.82, 2.24) is 0 Å². The van der Waals surface area contributed by atoms with Crippen LogP contribution in [0.4, 0.5) is 18.9 Å². The van der Waals surface area contributed by atoms with Crippen molar-refractivity contribution < 1.29 is 17.4 Å². The third-order valence-electron chi connectivity index (χ3n) is 2.34. The highest BCUT2D eigenvalue weighted by molar-refractivity contribution is 7.84. The molecule has 3 nitrogen and oxygen atoms in total. The van der Waals surface area contributed by atoms with E-state index in [1.54, 1.807) is 6.92 Å². The first-order valence-electron chi connectivity index (χ1n) is 5.42. The zero-order valence-corrected chi connectivity index (χ0v) is 11.2. The number of alkyl halides is 3. The second-order valence-corrected chi connectivity index (χ2v) is 5.63. The molecule has 0 fully saturated rings. The molecule has 104 valence electrons. The second kappa shape index (κ2) is 6.06. The van der Waals surface area contributed by atoms with Crippen molar-refractivity contribution in [3.8, 4) is 6.07 Å². The molecule has 7 heteroatoms. The van der Waals surface area contributed by atoms with Crippen molar-refractivity contribution >= 4 is 16.5 Å². The number of nitrogens with one attached hydrogen (secondary N) is 1. The minimum absolute atomic E-state index is 0.222. The van der Waals surface area contributed by atoms with Crippen LogP contribution in [0, 0.1) is 11.3 Å². The largest absolute Gasteiger partial charge is 0.417 e. The summed E-state index contributed by atoms with van der Waals surface area (Å²) in [5.74, 6) is 0.335. The van der Waals surface area contributed by atoms with Crippen LogP contribution >= 0.6 is 0 Å². The first-order chi connectivity index (χ1) is 8.74. The van der Waals surface area contributed by atoms with E-state index < -0.39 is 28.1 Å². The minimum atomic E-state index is -4.57. The van der Waals surface area contributed by atoms with Crippen molar-refractivity contribution in [3.05, 3.63) is 29.3 Å². The van der Waals surface area contributed by atoms with Gasteiger partial charge in [0.2, 0.25) is 0 Å². The SMILES string of the molecule is CC(CS(C)=O)Nc1ccc(C#N)c(C(F)(F)F)c1. The van der Waals surface area contributed by atoms with Gasteiger partial charge in [-0.3, -0.25) is 4.21 Å². The van der Waals surface area contributed by atoms with Gasteiger partial charge in [0.1, 0.15) is 0 Å². The lowest BCUT2D eigenvalue weighted by Crippen LogP contribution is -2.22. The number of anilines is 1. The van der Waals surface area contributed by atoms with Crippen molar-refractivity contribution in [1.29, 1.82) is 5.26 Å². The summed E-state index contributed by atoms with van der Waals surface area (Å²) in [6.07, 6.45) is -3.04. The number of hydrogen-bond donors (Lipinski definition) is 1. The zero-order valence-electron chi connectivity index (χ0n) is 10.4. The molecule has 0 radical (unpaired) electrons. The molecule has 0 aliphatic heterocycles. The van der Waals surface area contributed by atoms with Crippen LogP contribution in [0.2, 0.25) is 0 Å². The van der Waals surface area contributed by atoms with E-state index >= 15 is 0 Å². The Hall–Kier alpha value is -1.55. The summed E-state index contributed by atoms with van der Waals surface area (Å²) in [6.45, 7) is 1.73. The fourth-order valence-electron chi connectivity index (χ4n) is 1.64. The molecule has 0 spiro atoms. The van der Waals surface area contributed by atoms with E-state index in [1.807, 2.05) is 0 Å². The number of halogens is 3. The maximum absolute atomic E-state index is 12.7. The summed E-state index contributed by atoms with van der Waals surface area (Å²) in [7, 11) is -1.03. The number of rotatable bonds is 4. The smallest absolute Gasteiger partial charge is 0.382 e. The molecular weight excluding hydrogens is 277 g/mol. The molecule has 1 rings (SSSR count). The Morgan fingerprint density at radius 2 is 2.11 bits per heavy atom. The normalized spacial score (nSPS) is 14.5. The molecule has 0 bridgehead atoms. The van der Waals surface area contributed by atoms with Gasteiger partial charge in [-0.1, -0.05) is 0 Å². The highest BCUT2D eigenvalue weighted by Crippen LogP contribution is 2.33. The highest BCUT2D eigenvalue weighted by atomic mass is 32.2. The monoisotopic (exact) mass is 290 g/mol. The van der Waals surface area contributed by atoms with Gasteiger partial charge in [0.25, 0.3) is 0 Å². The van der Waals surface area contributed by atoms with Gasteiger partial charge in [0, 0.05) is 34.5 Å². The van der Waals surface area contributed by atoms with Gasteiger partial charge >= 0.3 is 6.18 Å². The molecule has 0 heterocycles. The number of hydrogen-bond acceptors (Lipinski definition) is 3. The topological polar surface area (TPSA) is 52.9 Å². The average molecular weight is 290 g/mol. The Kier molecular flexibility index (Phi) is 4.95. The quantitative estimate of drug-likeness (QED) is 0.927. The van der Waals surface area contributed by atoms with E-state index in [2.05, 4.69) is 5.32 Å². The lowest BCUT2D eigenvalue weighted by molar-refractivity contribution is -0.137. The number of benzene rings is 1. The second-order valence-electron chi connectivity index (χ2n) is 4.16. The van der Waals surface area contributed by atoms with Crippen LogP contribution in [-0.4, -0.2) is 22.3 Å². The minimum Gasteiger partial charge on any atom is -0.382 e. The van der Waals surface area contributed by atoms with Gasteiger partial charge in [0.15, 0.2) is 0 Å². The molecule has 0 amide bonds. The molecular formula is C12H13F3N2OS. The fourth-order valence-corrected chi connectivity index (χ4v) is 2.43. The van der Waals surface area contributed by atoms with E-state index in [0.717, 1.165) is 12.1 Å². The molecule has 0 saturated carbocycles.